The van der Waals surface area contributed by atoms with Crippen LogP contribution in [0.25, 0.3) is 0 Å². The summed E-state index contributed by atoms with van der Waals surface area (Å²) in [6.07, 6.45) is 3.32. The number of hydrogen-bond donors (Lipinski definition) is 2. The predicted molar refractivity (Wildman–Crippen MR) is 101 cm³/mol. The molecule has 2 aromatic rings. The lowest BCUT2D eigenvalue weighted by Gasteiger charge is -2.10. The number of amides is 1. The van der Waals surface area contributed by atoms with Gasteiger partial charge in [-0.1, -0.05) is 13.0 Å². The summed E-state index contributed by atoms with van der Waals surface area (Å²) < 4.78 is 28.5. The van der Waals surface area contributed by atoms with Gasteiger partial charge in [0, 0.05) is 24.8 Å². The molecular formula is C17H25N5O3S. The fourth-order valence-electron chi connectivity index (χ4n) is 2.34. The van der Waals surface area contributed by atoms with Crippen LogP contribution in [0.5, 0.6) is 0 Å². The smallest absolute Gasteiger partial charge is 0.256 e. The summed E-state index contributed by atoms with van der Waals surface area (Å²) in [6.45, 7) is 5.28. The largest absolute Gasteiger partial charge is 0.319 e. The van der Waals surface area contributed by atoms with Crippen molar-refractivity contribution in [1.29, 1.82) is 0 Å². The molecule has 0 saturated heterocycles. The first kappa shape index (κ1) is 20.1. The Morgan fingerprint density at radius 1 is 1.31 bits per heavy atom. The number of carbonyl (C=O) groups excluding carboxylic acids is 1. The number of nitrogens with one attached hydrogen (secondary N) is 2. The Bertz CT molecular complexity index is 874. The lowest BCUT2D eigenvalue weighted by atomic mass is 10.1. The van der Waals surface area contributed by atoms with Gasteiger partial charge < -0.3 is 10.2 Å². The van der Waals surface area contributed by atoms with Crippen LogP contribution in [-0.4, -0.2) is 56.2 Å². The highest BCUT2D eigenvalue weighted by Crippen LogP contribution is 2.17. The molecule has 0 bridgehead atoms. The average molecular weight is 379 g/mol. The third-order valence-corrected chi connectivity index (χ3v) is 5.31. The normalized spacial score (nSPS) is 11.7. The monoisotopic (exact) mass is 379 g/mol. The highest BCUT2D eigenvalue weighted by atomic mass is 32.2. The van der Waals surface area contributed by atoms with E-state index in [1.807, 2.05) is 19.0 Å². The lowest BCUT2D eigenvalue weighted by molar-refractivity contribution is 0.102. The molecule has 1 aromatic heterocycles. The number of nitrogens with zero attached hydrogens (tertiary/aromatic N) is 3. The van der Waals surface area contributed by atoms with E-state index in [2.05, 4.69) is 15.1 Å². The van der Waals surface area contributed by atoms with Gasteiger partial charge in [-0.05, 0) is 38.7 Å². The van der Waals surface area contributed by atoms with Crippen LogP contribution < -0.4 is 10.0 Å². The van der Waals surface area contributed by atoms with Crippen LogP contribution in [0.1, 0.15) is 22.8 Å². The van der Waals surface area contributed by atoms with Crippen molar-refractivity contribution in [1.82, 2.24) is 19.4 Å². The number of hydrogen-bond acceptors (Lipinski definition) is 5. The molecule has 0 spiro atoms. The summed E-state index contributed by atoms with van der Waals surface area (Å²) in [5, 5.41) is 6.97. The average Bonchev–Trinajstić information content (AvgIpc) is 3.00. The van der Waals surface area contributed by atoms with E-state index in [1.54, 1.807) is 37.0 Å². The fourth-order valence-corrected chi connectivity index (χ4v) is 3.40. The van der Waals surface area contributed by atoms with Gasteiger partial charge in [-0.2, -0.15) is 5.10 Å². The van der Waals surface area contributed by atoms with Crippen LogP contribution in [0.15, 0.2) is 35.5 Å². The zero-order valence-electron chi connectivity index (χ0n) is 15.5. The van der Waals surface area contributed by atoms with Crippen molar-refractivity contribution < 1.29 is 13.2 Å². The van der Waals surface area contributed by atoms with Gasteiger partial charge in [-0.15, -0.1) is 0 Å². The first-order valence-corrected chi connectivity index (χ1v) is 9.80. The minimum atomic E-state index is -3.62. The fraction of sp³-hybridized carbons (Fsp3) is 0.412. The van der Waals surface area contributed by atoms with Crippen molar-refractivity contribution in [3.63, 3.8) is 0 Å². The molecule has 1 aromatic carbocycles. The molecule has 0 saturated carbocycles. The van der Waals surface area contributed by atoms with Crippen LogP contribution in [0, 0.1) is 6.92 Å². The maximum atomic E-state index is 12.6. The van der Waals surface area contributed by atoms with E-state index in [0.717, 1.165) is 6.54 Å². The van der Waals surface area contributed by atoms with Gasteiger partial charge in [-0.25, -0.2) is 13.1 Å². The Morgan fingerprint density at radius 2 is 2.04 bits per heavy atom. The highest BCUT2D eigenvalue weighted by Gasteiger charge is 2.17. The molecule has 142 valence electrons. The zero-order chi connectivity index (χ0) is 19.3. The minimum absolute atomic E-state index is 0.0665. The van der Waals surface area contributed by atoms with Gasteiger partial charge in [0.1, 0.15) is 0 Å². The maximum Gasteiger partial charge on any atom is 0.256 e. The number of benzene rings is 1. The first-order chi connectivity index (χ1) is 12.2. The summed E-state index contributed by atoms with van der Waals surface area (Å²) in [5.41, 5.74) is 1.57. The van der Waals surface area contributed by atoms with Crippen LogP contribution in [0.4, 0.5) is 5.69 Å². The second-order valence-electron chi connectivity index (χ2n) is 6.23. The maximum absolute atomic E-state index is 12.6. The second kappa shape index (κ2) is 8.43. The molecule has 0 atom stereocenters. The van der Waals surface area contributed by atoms with Crippen molar-refractivity contribution in [2.75, 3.05) is 32.5 Å². The topological polar surface area (TPSA) is 96.3 Å². The number of likely N-dealkylation sites (N-methyl/N-ethyl adjacent to an activating group) is 1. The summed E-state index contributed by atoms with van der Waals surface area (Å²) >= 11 is 0. The number of carbonyl (C=O) groups is 1. The summed E-state index contributed by atoms with van der Waals surface area (Å²) in [5.74, 6) is -0.372. The van der Waals surface area contributed by atoms with Crippen molar-refractivity contribution in [3.05, 3.63) is 41.7 Å². The second-order valence-corrected chi connectivity index (χ2v) is 7.99. The van der Waals surface area contributed by atoms with Gasteiger partial charge in [-0.3, -0.25) is 9.48 Å². The van der Waals surface area contributed by atoms with E-state index in [1.165, 1.54) is 12.1 Å². The third kappa shape index (κ3) is 5.13. The molecule has 2 N–H and O–H groups in total. The lowest BCUT2D eigenvalue weighted by Crippen LogP contribution is -2.24. The van der Waals surface area contributed by atoms with Crippen molar-refractivity contribution in [2.45, 2.75) is 25.3 Å². The molecule has 0 aliphatic rings. The number of aryl methyl sites for hydroxylation is 1. The molecule has 2 rings (SSSR count). The summed E-state index contributed by atoms with van der Waals surface area (Å²) in [4.78, 5) is 14.7. The Morgan fingerprint density at radius 3 is 2.69 bits per heavy atom. The standard InChI is InChI=1S/C17H25N5O3S/c1-5-19-26(24,25)15-7-6-13(2)16(10-15)17(23)20-14-11-18-22(12-14)9-8-21(3)4/h6-7,10-12,19H,5,8-9H2,1-4H3,(H,20,23). The molecule has 9 heteroatoms. The van der Waals surface area contributed by atoms with Crippen LogP contribution in [0.2, 0.25) is 0 Å². The number of sulfonamides is 1. The van der Waals surface area contributed by atoms with E-state index in [9.17, 15) is 13.2 Å². The molecule has 0 aliphatic heterocycles. The van der Waals surface area contributed by atoms with E-state index in [-0.39, 0.29) is 17.3 Å². The van der Waals surface area contributed by atoms with E-state index < -0.39 is 10.0 Å². The number of rotatable bonds is 8. The van der Waals surface area contributed by atoms with E-state index in [0.29, 0.717) is 23.4 Å². The van der Waals surface area contributed by atoms with Crippen LogP contribution in [-0.2, 0) is 16.6 Å². The van der Waals surface area contributed by atoms with Crippen LogP contribution in [0.3, 0.4) is 0 Å². The molecule has 8 nitrogen and oxygen atoms in total. The highest BCUT2D eigenvalue weighted by molar-refractivity contribution is 7.89. The molecule has 1 amide bonds. The van der Waals surface area contributed by atoms with E-state index >= 15 is 0 Å². The molecule has 0 fully saturated rings. The number of aromatic nitrogens is 2. The predicted octanol–water partition coefficient (Wildman–Crippen LogP) is 1.30. The molecule has 0 radical (unpaired) electrons. The van der Waals surface area contributed by atoms with Gasteiger partial charge >= 0.3 is 0 Å². The van der Waals surface area contributed by atoms with Gasteiger partial charge in [0.2, 0.25) is 10.0 Å². The Balaban J connectivity index is 2.17. The van der Waals surface area contributed by atoms with Crippen molar-refractivity contribution in [3.8, 4) is 0 Å². The van der Waals surface area contributed by atoms with Gasteiger partial charge in [0.15, 0.2) is 0 Å². The van der Waals surface area contributed by atoms with Gasteiger partial charge in [0.25, 0.3) is 5.91 Å². The number of anilines is 1. The molecule has 0 aliphatic carbocycles. The Kier molecular flexibility index (Phi) is 6.52. The molecule has 26 heavy (non-hydrogen) atoms. The zero-order valence-corrected chi connectivity index (χ0v) is 16.3. The Hall–Kier alpha value is -2.23. The van der Waals surface area contributed by atoms with Gasteiger partial charge in [0.05, 0.1) is 23.3 Å². The SMILES string of the molecule is CCNS(=O)(=O)c1ccc(C)c(C(=O)Nc2cnn(CCN(C)C)c2)c1. The van der Waals surface area contributed by atoms with Crippen LogP contribution >= 0.6 is 0 Å². The minimum Gasteiger partial charge on any atom is -0.319 e. The molecule has 1 heterocycles. The first-order valence-electron chi connectivity index (χ1n) is 8.32. The quantitative estimate of drug-likeness (QED) is 0.721. The summed E-state index contributed by atoms with van der Waals surface area (Å²) in [7, 11) is 0.333. The third-order valence-electron chi connectivity index (χ3n) is 3.77. The van der Waals surface area contributed by atoms with Crippen molar-refractivity contribution >= 4 is 21.6 Å². The van der Waals surface area contributed by atoms with Crippen molar-refractivity contribution in [2.24, 2.45) is 0 Å². The molecule has 0 unspecified atom stereocenters. The van der Waals surface area contributed by atoms with E-state index in [4.69, 9.17) is 0 Å². The Labute approximate surface area is 154 Å². The summed E-state index contributed by atoms with van der Waals surface area (Å²) in [6, 6.07) is 4.50. The molecular weight excluding hydrogens is 354 g/mol.